The molecule has 1 heterocycles. The molecule has 1 aromatic heterocycles. The van der Waals surface area contributed by atoms with Crippen LogP contribution in [0.15, 0.2) is 36.3 Å². The normalized spacial score (nSPS) is 10.8. The van der Waals surface area contributed by atoms with Gasteiger partial charge >= 0.3 is 11.9 Å². The Hall–Kier alpha value is -3.49. The molecule has 2 aromatic rings. The molecule has 0 aliphatic rings. The highest BCUT2D eigenvalue weighted by molar-refractivity contribution is 6.14. The molecule has 0 bridgehead atoms. The van der Waals surface area contributed by atoms with Crippen LogP contribution < -0.4 is 10.6 Å². The van der Waals surface area contributed by atoms with Crippen LogP contribution in [0.2, 0.25) is 0 Å². The number of nitrogens with zero attached hydrogens (tertiary/aromatic N) is 2. The minimum atomic E-state index is -0.851. The number of benzene rings is 1. The van der Waals surface area contributed by atoms with Crippen LogP contribution in [0.1, 0.15) is 20.8 Å². The van der Waals surface area contributed by atoms with E-state index in [2.05, 4.69) is 30.1 Å². The fraction of sp³-hybridized carbons (Fsp3) is 0.316. The number of nitrogens with one attached hydrogen (secondary N) is 2. The average molecular weight is 386 g/mol. The van der Waals surface area contributed by atoms with E-state index in [-0.39, 0.29) is 11.5 Å². The van der Waals surface area contributed by atoms with Gasteiger partial charge in [-0.05, 0) is 18.2 Å². The van der Waals surface area contributed by atoms with Gasteiger partial charge in [-0.2, -0.15) is 0 Å². The smallest absolute Gasteiger partial charge is 0.346 e. The molecule has 0 spiro atoms. The number of rotatable bonds is 5. The Morgan fingerprint density at radius 2 is 1.68 bits per heavy atom. The number of hydrogen-bond donors (Lipinski definition) is 2. The van der Waals surface area contributed by atoms with Crippen molar-refractivity contribution in [1.82, 2.24) is 9.97 Å². The molecule has 0 aliphatic carbocycles. The lowest BCUT2D eigenvalue weighted by atomic mass is 9.95. The molecular formula is C19H22N4O5. The van der Waals surface area contributed by atoms with Crippen molar-refractivity contribution in [3.8, 4) is 0 Å². The van der Waals surface area contributed by atoms with Crippen LogP contribution in [0.3, 0.4) is 0 Å². The number of anilines is 2. The molecule has 0 saturated heterocycles. The molecule has 0 unspecified atom stereocenters. The lowest BCUT2D eigenvalue weighted by molar-refractivity contribution is -0.144. The number of esters is 2. The Kier molecular flexibility index (Phi) is 6.29. The molecule has 28 heavy (non-hydrogen) atoms. The fourth-order valence-corrected chi connectivity index (χ4v) is 2.13. The Balaban J connectivity index is 2.40. The van der Waals surface area contributed by atoms with E-state index < -0.39 is 17.4 Å². The zero-order valence-electron chi connectivity index (χ0n) is 16.3. The zero-order chi connectivity index (χ0) is 20.9. The molecule has 1 amide bonds. The third-order valence-corrected chi connectivity index (χ3v) is 3.74. The maximum atomic E-state index is 12.2. The number of amides is 1. The van der Waals surface area contributed by atoms with Crippen LogP contribution in [0, 0.1) is 5.41 Å². The summed E-state index contributed by atoms with van der Waals surface area (Å²) < 4.78 is 9.16. The third kappa shape index (κ3) is 4.81. The van der Waals surface area contributed by atoms with Gasteiger partial charge in [0.05, 0.1) is 19.7 Å². The monoisotopic (exact) mass is 386 g/mol. The van der Waals surface area contributed by atoms with Gasteiger partial charge in [-0.3, -0.25) is 4.79 Å². The molecule has 9 nitrogen and oxygen atoms in total. The number of carbonyl (C=O) groups is 3. The minimum absolute atomic E-state index is 0.142. The van der Waals surface area contributed by atoms with Crippen molar-refractivity contribution in [1.29, 1.82) is 0 Å². The van der Waals surface area contributed by atoms with E-state index >= 15 is 0 Å². The van der Waals surface area contributed by atoms with Crippen molar-refractivity contribution in [3.05, 3.63) is 36.3 Å². The lowest BCUT2D eigenvalue weighted by Gasteiger charge is -2.18. The molecule has 0 saturated carbocycles. The summed E-state index contributed by atoms with van der Waals surface area (Å²) in [5.74, 6) is -1.51. The second-order valence-corrected chi connectivity index (χ2v) is 6.84. The summed E-state index contributed by atoms with van der Waals surface area (Å²) in [6.07, 6.45) is 2.49. The summed E-state index contributed by atoms with van der Waals surface area (Å²) in [7, 11) is 2.31. The quantitative estimate of drug-likeness (QED) is 0.347. The van der Waals surface area contributed by atoms with Crippen LogP contribution in [-0.4, -0.2) is 42.0 Å². The molecular weight excluding hydrogens is 364 g/mol. The summed E-state index contributed by atoms with van der Waals surface area (Å²) in [6, 6.07) is 5.16. The van der Waals surface area contributed by atoms with Crippen molar-refractivity contribution < 1.29 is 23.9 Å². The molecule has 1 aromatic carbocycles. The first kappa shape index (κ1) is 20.8. The number of aromatic nitrogens is 2. The summed E-state index contributed by atoms with van der Waals surface area (Å²) in [5, 5.41) is 6.22. The molecule has 0 fully saturated rings. The molecule has 2 N–H and O–H groups in total. The van der Waals surface area contributed by atoms with E-state index in [1.807, 2.05) is 20.8 Å². The Bertz CT molecular complexity index is 929. The molecule has 0 atom stereocenters. The molecule has 0 aliphatic heterocycles. The van der Waals surface area contributed by atoms with Crippen molar-refractivity contribution >= 4 is 40.3 Å². The van der Waals surface area contributed by atoms with Gasteiger partial charge in [0.1, 0.15) is 12.1 Å². The van der Waals surface area contributed by atoms with Crippen molar-refractivity contribution in [3.63, 3.8) is 0 Å². The van der Waals surface area contributed by atoms with Gasteiger partial charge in [-0.15, -0.1) is 0 Å². The highest BCUT2D eigenvalue weighted by Crippen LogP contribution is 2.25. The van der Waals surface area contributed by atoms with Gasteiger partial charge in [0, 0.05) is 22.7 Å². The second kappa shape index (κ2) is 8.47. The van der Waals surface area contributed by atoms with Crippen molar-refractivity contribution in [2.75, 3.05) is 24.9 Å². The predicted molar refractivity (Wildman–Crippen MR) is 103 cm³/mol. The summed E-state index contributed by atoms with van der Waals surface area (Å²) in [5.41, 5.74) is 0.295. The first-order valence-corrected chi connectivity index (χ1v) is 8.37. The van der Waals surface area contributed by atoms with E-state index in [0.29, 0.717) is 22.4 Å². The molecule has 9 heteroatoms. The molecule has 0 radical (unpaired) electrons. The summed E-state index contributed by atoms with van der Waals surface area (Å²) in [6.45, 7) is 5.43. The molecule has 148 valence electrons. The number of hydrogen-bond acceptors (Lipinski definition) is 8. The minimum Gasteiger partial charge on any atom is -0.465 e. The van der Waals surface area contributed by atoms with Crippen molar-refractivity contribution in [2.45, 2.75) is 20.8 Å². The van der Waals surface area contributed by atoms with Crippen LogP contribution in [0.5, 0.6) is 0 Å². The highest BCUT2D eigenvalue weighted by Gasteiger charge is 2.22. The number of fused-ring (bicyclic) bond motifs is 1. The largest absolute Gasteiger partial charge is 0.465 e. The summed E-state index contributed by atoms with van der Waals surface area (Å²) >= 11 is 0. The summed E-state index contributed by atoms with van der Waals surface area (Å²) in [4.78, 5) is 44.0. The lowest BCUT2D eigenvalue weighted by Crippen LogP contribution is -2.27. The first-order valence-electron chi connectivity index (χ1n) is 8.37. The van der Waals surface area contributed by atoms with Crippen LogP contribution in [0.25, 0.3) is 10.9 Å². The molecule has 2 rings (SSSR count). The number of carbonyl (C=O) groups excluding carboxylic acids is 3. The van der Waals surface area contributed by atoms with Crippen LogP contribution in [0.4, 0.5) is 11.5 Å². The van der Waals surface area contributed by atoms with Gasteiger partial charge < -0.3 is 20.1 Å². The fourth-order valence-electron chi connectivity index (χ4n) is 2.13. The van der Waals surface area contributed by atoms with E-state index in [1.165, 1.54) is 6.33 Å². The SMILES string of the molecule is COC(=O)C(=CNc1ncnc2ccc(NC(=O)C(C)(C)C)cc12)C(=O)OC. The van der Waals surface area contributed by atoms with Crippen LogP contribution >= 0.6 is 0 Å². The topological polar surface area (TPSA) is 120 Å². The van der Waals surface area contributed by atoms with Gasteiger partial charge in [0.15, 0.2) is 5.57 Å². The highest BCUT2D eigenvalue weighted by atomic mass is 16.5. The van der Waals surface area contributed by atoms with E-state index in [0.717, 1.165) is 20.4 Å². The van der Waals surface area contributed by atoms with Gasteiger partial charge in [0.2, 0.25) is 5.91 Å². The van der Waals surface area contributed by atoms with E-state index in [9.17, 15) is 14.4 Å². The van der Waals surface area contributed by atoms with Gasteiger partial charge in [0.25, 0.3) is 0 Å². The third-order valence-electron chi connectivity index (χ3n) is 3.74. The average Bonchev–Trinajstić information content (AvgIpc) is 2.66. The zero-order valence-corrected chi connectivity index (χ0v) is 16.3. The van der Waals surface area contributed by atoms with Crippen molar-refractivity contribution in [2.24, 2.45) is 5.41 Å². The van der Waals surface area contributed by atoms with Gasteiger partial charge in [-0.25, -0.2) is 19.6 Å². The van der Waals surface area contributed by atoms with Crippen LogP contribution in [-0.2, 0) is 23.9 Å². The van der Waals surface area contributed by atoms with E-state index in [4.69, 9.17) is 0 Å². The Morgan fingerprint density at radius 3 is 2.25 bits per heavy atom. The number of methoxy groups -OCH3 is 2. The maximum absolute atomic E-state index is 12.2. The number of ether oxygens (including phenoxy) is 2. The standard InChI is InChI=1S/C19H22N4O5/c1-19(2,3)18(26)23-11-6-7-14-12(8-11)15(22-10-21-14)20-9-13(16(24)27-4)17(25)28-5/h6-10H,1-5H3,(H,23,26)(H,20,21,22). The first-order chi connectivity index (χ1) is 13.2. The van der Waals surface area contributed by atoms with Gasteiger partial charge in [-0.1, -0.05) is 20.8 Å². The Morgan fingerprint density at radius 1 is 1.04 bits per heavy atom. The maximum Gasteiger partial charge on any atom is 0.346 e. The second-order valence-electron chi connectivity index (χ2n) is 6.84. The predicted octanol–water partition coefficient (Wildman–Crippen LogP) is 2.26. The Labute approximate surface area is 162 Å². The van der Waals surface area contributed by atoms with E-state index in [1.54, 1.807) is 18.2 Å².